The number of nitrogens with one attached hydrogen (secondary N) is 2. The first-order valence-corrected chi connectivity index (χ1v) is 10.6. The quantitative estimate of drug-likeness (QED) is 0.230. The molecular formula is C18H14ClN5O4S2. The lowest BCUT2D eigenvalue weighted by atomic mass is 10.2. The summed E-state index contributed by atoms with van der Waals surface area (Å²) in [6, 6.07) is 10.5. The van der Waals surface area contributed by atoms with Crippen LogP contribution >= 0.6 is 34.7 Å². The number of hydrogen-bond donors (Lipinski definition) is 2. The van der Waals surface area contributed by atoms with Crippen LogP contribution in [0.1, 0.15) is 15.9 Å². The summed E-state index contributed by atoms with van der Waals surface area (Å²) in [5.74, 6) is -0.589. The number of aromatic nitrogens is 2. The van der Waals surface area contributed by atoms with Gasteiger partial charge in [0, 0.05) is 28.4 Å². The van der Waals surface area contributed by atoms with Gasteiger partial charge in [0.1, 0.15) is 0 Å². The molecule has 1 aromatic heterocycles. The van der Waals surface area contributed by atoms with Gasteiger partial charge in [0.2, 0.25) is 11.0 Å². The number of non-ortho nitro benzene ring substituents is 1. The molecule has 9 nitrogen and oxygen atoms in total. The molecule has 0 aliphatic carbocycles. The lowest BCUT2D eigenvalue weighted by Crippen LogP contribution is -2.13. The van der Waals surface area contributed by atoms with Crippen molar-refractivity contribution in [1.29, 1.82) is 0 Å². The number of halogens is 1. The fourth-order valence-electron chi connectivity index (χ4n) is 2.22. The molecule has 0 spiro atoms. The number of thioether (sulfide) groups is 1. The Morgan fingerprint density at radius 2 is 1.90 bits per heavy atom. The lowest BCUT2D eigenvalue weighted by molar-refractivity contribution is -0.384. The van der Waals surface area contributed by atoms with E-state index in [2.05, 4.69) is 20.8 Å². The van der Waals surface area contributed by atoms with E-state index in [1.54, 1.807) is 12.1 Å². The number of rotatable bonds is 7. The maximum absolute atomic E-state index is 12.2. The summed E-state index contributed by atoms with van der Waals surface area (Å²) in [5.41, 5.74) is 1.67. The Labute approximate surface area is 184 Å². The third kappa shape index (κ3) is 5.75. The second-order valence-electron chi connectivity index (χ2n) is 5.93. The third-order valence-corrected chi connectivity index (χ3v) is 6.13. The molecule has 30 heavy (non-hydrogen) atoms. The van der Waals surface area contributed by atoms with Crippen LogP contribution in [0.4, 0.5) is 16.5 Å². The Morgan fingerprint density at radius 3 is 2.57 bits per heavy atom. The summed E-state index contributed by atoms with van der Waals surface area (Å²) < 4.78 is 0.506. The first kappa shape index (κ1) is 21.7. The smallest absolute Gasteiger partial charge is 0.269 e. The first-order valence-electron chi connectivity index (χ1n) is 8.40. The second-order valence-corrected chi connectivity index (χ2v) is 8.54. The van der Waals surface area contributed by atoms with E-state index in [-0.39, 0.29) is 28.0 Å². The van der Waals surface area contributed by atoms with Crippen molar-refractivity contribution in [3.8, 4) is 0 Å². The number of nitrogens with zero attached hydrogens (tertiary/aromatic N) is 3. The van der Waals surface area contributed by atoms with E-state index in [1.807, 2.05) is 13.0 Å². The molecule has 0 fully saturated rings. The van der Waals surface area contributed by atoms with Gasteiger partial charge < -0.3 is 5.32 Å². The summed E-state index contributed by atoms with van der Waals surface area (Å²) in [4.78, 5) is 34.4. The van der Waals surface area contributed by atoms with Crippen LogP contribution in [-0.2, 0) is 4.79 Å². The molecule has 0 aliphatic heterocycles. The fraction of sp³-hybridized carbons (Fsp3) is 0.111. The van der Waals surface area contributed by atoms with Gasteiger partial charge >= 0.3 is 0 Å². The number of anilines is 2. The predicted octanol–water partition coefficient (Wildman–Crippen LogP) is 4.39. The van der Waals surface area contributed by atoms with Gasteiger partial charge in [-0.05, 0) is 36.8 Å². The van der Waals surface area contributed by atoms with Gasteiger partial charge in [-0.2, -0.15) is 0 Å². The number of nitro benzene ring substituents is 1. The van der Waals surface area contributed by atoms with Gasteiger partial charge in [-0.25, -0.2) is 0 Å². The van der Waals surface area contributed by atoms with Crippen molar-refractivity contribution in [2.75, 3.05) is 16.4 Å². The van der Waals surface area contributed by atoms with Crippen molar-refractivity contribution < 1.29 is 14.5 Å². The van der Waals surface area contributed by atoms with Crippen molar-refractivity contribution in [3.05, 3.63) is 68.7 Å². The van der Waals surface area contributed by atoms with Gasteiger partial charge in [-0.15, -0.1) is 10.2 Å². The largest absolute Gasteiger partial charge is 0.325 e. The summed E-state index contributed by atoms with van der Waals surface area (Å²) in [6.07, 6.45) is 0. The molecule has 0 aliphatic rings. The summed E-state index contributed by atoms with van der Waals surface area (Å²) >= 11 is 8.34. The highest BCUT2D eigenvalue weighted by molar-refractivity contribution is 8.01. The van der Waals surface area contributed by atoms with Crippen LogP contribution in [0.3, 0.4) is 0 Å². The number of benzene rings is 2. The first-order chi connectivity index (χ1) is 14.3. The number of hydrogen-bond acceptors (Lipinski definition) is 8. The Morgan fingerprint density at radius 1 is 1.17 bits per heavy atom. The summed E-state index contributed by atoms with van der Waals surface area (Å²) in [7, 11) is 0. The van der Waals surface area contributed by atoms with Crippen molar-refractivity contribution >= 4 is 63.0 Å². The van der Waals surface area contributed by atoms with Crippen molar-refractivity contribution in [1.82, 2.24) is 10.2 Å². The minimum atomic E-state index is -0.542. The molecule has 0 bridgehead atoms. The van der Waals surface area contributed by atoms with E-state index in [4.69, 9.17) is 11.6 Å². The lowest BCUT2D eigenvalue weighted by Gasteiger charge is -2.06. The number of amides is 2. The molecular weight excluding hydrogens is 450 g/mol. The second kappa shape index (κ2) is 9.65. The van der Waals surface area contributed by atoms with Crippen LogP contribution in [0.5, 0.6) is 0 Å². The highest BCUT2D eigenvalue weighted by Gasteiger charge is 2.13. The molecule has 154 valence electrons. The SMILES string of the molecule is Cc1ccc(NC(=O)CSc2nnc(NC(=O)c3ccc([N+](=O)[O-])cc3)s2)cc1Cl. The molecule has 3 rings (SSSR count). The molecule has 0 unspecified atom stereocenters. The van der Waals surface area contributed by atoms with Gasteiger partial charge in [0.15, 0.2) is 4.34 Å². The molecule has 1 heterocycles. The van der Waals surface area contributed by atoms with Crippen molar-refractivity contribution in [2.45, 2.75) is 11.3 Å². The molecule has 12 heteroatoms. The zero-order chi connectivity index (χ0) is 21.7. The third-order valence-electron chi connectivity index (χ3n) is 3.75. The van der Waals surface area contributed by atoms with Crippen molar-refractivity contribution in [3.63, 3.8) is 0 Å². The number of carbonyl (C=O) groups excluding carboxylic acids is 2. The predicted molar refractivity (Wildman–Crippen MR) is 117 cm³/mol. The molecule has 2 aromatic carbocycles. The number of carbonyl (C=O) groups is 2. The van der Waals surface area contributed by atoms with Crippen LogP contribution in [0.15, 0.2) is 46.8 Å². The summed E-state index contributed by atoms with van der Waals surface area (Å²) in [6.45, 7) is 1.87. The van der Waals surface area contributed by atoms with Gasteiger partial charge in [-0.1, -0.05) is 40.8 Å². The zero-order valence-corrected chi connectivity index (χ0v) is 17.8. The standard InChI is InChI=1S/C18H14ClN5O4S2/c1-10-2-5-12(8-14(10)19)20-15(25)9-29-18-23-22-17(30-18)21-16(26)11-3-6-13(7-4-11)24(27)28/h2-8H,9H2,1H3,(H,20,25)(H,21,22,26). The summed E-state index contributed by atoms with van der Waals surface area (Å²) in [5, 5.41) is 24.6. The van der Waals surface area contributed by atoms with Crippen LogP contribution in [-0.4, -0.2) is 32.7 Å². The minimum absolute atomic E-state index is 0.104. The van der Waals surface area contributed by atoms with E-state index >= 15 is 0 Å². The Hall–Kier alpha value is -3.02. The van der Waals surface area contributed by atoms with Crippen LogP contribution in [0.2, 0.25) is 5.02 Å². The van der Waals surface area contributed by atoms with Crippen LogP contribution < -0.4 is 10.6 Å². The highest BCUT2D eigenvalue weighted by Crippen LogP contribution is 2.26. The molecule has 2 amide bonds. The average molecular weight is 464 g/mol. The molecule has 0 atom stereocenters. The Balaban J connectivity index is 1.51. The van der Waals surface area contributed by atoms with E-state index in [9.17, 15) is 19.7 Å². The maximum Gasteiger partial charge on any atom is 0.269 e. The fourth-order valence-corrected chi connectivity index (χ4v) is 3.94. The topological polar surface area (TPSA) is 127 Å². The van der Waals surface area contributed by atoms with Gasteiger partial charge in [-0.3, -0.25) is 25.0 Å². The monoisotopic (exact) mass is 463 g/mol. The molecule has 0 saturated carbocycles. The molecule has 0 saturated heterocycles. The molecule has 2 N–H and O–H groups in total. The number of aryl methyl sites for hydroxylation is 1. The maximum atomic E-state index is 12.2. The van der Waals surface area contributed by atoms with Crippen LogP contribution in [0.25, 0.3) is 0 Å². The highest BCUT2D eigenvalue weighted by atomic mass is 35.5. The van der Waals surface area contributed by atoms with Gasteiger partial charge in [0.25, 0.3) is 11.6 Å². The zero-order valence-electron chi connectivity index (χ0n) is 15.4. The normalized spacial score (nSPS) is 10.5. The Kier molecular flexibility index (Phi) is 6.98. The van der Waals surface area contributed by atoms with Crippen LogP contribution in [0, 0.1) is 17.0 Å². The van der Waals surface area contributed by atoms with E-state index in [1.165, 1.54) is 36.0 Å². The van der Waals surface area contributed by atoms with E-state index in [0.717, 1.165) is 16.9 Å². The molecule has 0 radical (unpaired) electrons. The average Bonchev–Trinajstić information content (AvgIpc) is 3.16. The minimum Gasteiger partial charge on any atom is -0.325 e. The molecule has 3 aromatic rings. The Bertz CT molecular complexity index is 1100. The van der Waals surface area contributed by atoms with Crippen molar-refractivity contribution in [2.24, 2.45) is 0 Å². The van der Waals surface area contributed by atoms with Gasteiger partial charge in [0.05, 0.1) is 10.7 Å². The van der Waals surface area contributed by atoms with E-state index < -0.39 is 10.8 Å². The van der Waals surface area contributed by atoms with E-state index in [0.29, 0.717) is 15.0 Å². The number of nitro groups is 1.